The highest BCUT2D eigenvalue weighted by Crippen LogP contribution is 2.42. The van der Waals surface area contributed by atoms with Gasteiger partial charge in [-0.2, -0.15) is 0 Å². The standard InChI is InChI=1S/C15H15NO4/c17-14-10-3-1-2-4-11(10)15(18)16(14)9-5-6-12-13(7-9)20-8-19-12/h5-7,10-11H,1-4,8H2/t10-,11+. The van der Waals surface area contributed by atoms with Crippen LogP contribution in [0.3, 0.4) is 0 Å². The fourth-order valence-electron chi connectivity index (χ4n) is 3.44. The second-order valence-electron chi connectivity index (χ2n) is 5.55. The Morgan fingerprint density at radius 2 is 1.60 bits per heavy atom. The zero-order valence-electron chi connectivity index (χ0n) is 11.0. The van der Waals surface area contributed by atoms with Crippen molar-refractivity contribution in [2.24, 2.45) is 11.8 Å². The number of fused-ring (bicyclic) bond motifs is 2. The first-order valence-corrected chi connectivity index (χ1v) is 7.03. The van der Waals surface area contributed by atoms with E-state index in [2.05, 4.69) is 0 Å². The van der Waals surface area contributed by atoms with Gasteiger partial charge >= 0.3 is 0 Å². The average molecular weight is 273 g/mol. The predicted octanol–water partition coefficient (Wildman–Crippen LogP) is 2.09. The van der Waals surface area contributed by atoms with Gasteiger partial charge in [-0.15, -0.1) is 0 Å². The molecule has 3 aliphatic rings. The van der Waals surface area contributed by atoms with Crippen molar-refractivity contribution in [2.75, 3.05) is 11.7 Å². The van der Waals surface area contributed by atoms with Crippen LogP contribution in [0.15, 0.2) is 18.2 Å². The molecule has 0 unspecified atom stereocenters. The van der Waals surface area contributed by atoms with Crippen LogP contribution in [0.25, 0.3) is 0 Å². The third-order valence-corrected chi connectivity index (χ3v) is 4.46. The molecule has 104 valence electrons. The molecule has 1 aromatic rings. The van der Waals surface area contributed by atoms with Crippen LogP contribution in [-0.4, -0.2) is 18.6 Å². The van der Waals surface area contributed by atoms with E-state index >= 15 is 0 Å². The van der Waals surface area contributed by atoms with Gasteiger partial charge in [-0.1, -0.05) is 12.8 Å². The van der Waals surface area contributed by atoms with Crippen molar-refractivity contribution in [3.8, 4) is 11.5 Å². The molecule has 0 spiro atoms. The molecule has 2 amide bonds. The number of carbonyl (C=O) groups is 2. The van der Waals surface area contributed by atoms with Crippen molar-refractivity contribution in [1.82, 2.24) is 0 Å². The van der Waals surface area contributed by atoms with Crippen molar-refractivity contribution >= 4 is 17.5 Å². The molecule has 1 saturated carbocycles. The van der Waals surface area contributed by atoms with Crippen molar-refractivity contribution < 1.29 is 19.1 Å². The first-order chi connectivity index (χ1) is 9.75. The summed E-state index contributed by atoms with van der Waals surface area (Å²) in [6, 6.07) is 5.22. The largest absolute Gasteiger partial charge is 0.454 e. The average Bonchev–Trinajstić information content (AvgIpc) is 3.03. The van der Waals surface area contributed by atoms with E-state index < -0.39 is 0 Å². The first-order valence-electron chi connectivity index (χ1n) is 7.03. The van der Waals surface area contributed by atoms with E-state index in [0.29, 0.717) is 17.2 Å². The van der Waals surface area contributed by atoms with E-state index in [1.807, 2.05) is 0 Å². The number of rotatable bonds is 1. The Balaban J connectivity index is 1.71. The summed E-state index contributed by atoms with van der Waals surface area (Å²) >= 11 is 0. The highest BCUT2D eigenvalue weighted by atomic mass is 16.7. The number of imide groups is 1. The Morgan fingerprint density at radius 1 is 0.950 bits per heavy atom. The molecule has 0 aromatic heterocycles. The summed E-state index contributed by atoms with van der Waals surface area (Å²) < 4.78 is 10.6. The van der Waals surface area contributed by atoms with Crippen LogP contribution in [0.1, 0.15) is 25.7 Å². The van der Waals surface area contributed by atoms with E-state index in [-0.39, 0.29) is 30.4 Å². The fraction of sp³-hybridized carbons (Fsp3) is 0.467. The summed E-state index contributed by atoms with van der Waals surface area (Å²) in [4.78, 5) is 26.3. The lowest BCUT2D eigenvalue weighted by molar-refractivity contribution is -0.122. The van der Waals surface area contributed by atoms with Crippen LogP contribution in [-0.2, 0) is 9.59 Å². The molecule has 5 nitrogen and oxygen atoms in total. The maximum Gasteiger partial charge on any atom is 0.237 e. The van der Waals surface area contributed by atoms with Gasteiger partial charge in [-0.05, 0) is 25.0 Å². The van der Waals surface area contributed by atoms with Crippen molar-refractivity contribution in [3.63, 3.8) is 0 Å². The Bertz CT molecular complexity index is 574. The van der Waals surface area contributed by atoms with E-state index in [9.17, 15) is 9.59 Å². The molecule has 20 heavy (non-hydrogen) atoms. The lowest BCUT2D eigenvalue weighted by Crippen LogP contribution is -2.30. The Labute approximate surface area is 116 Å². The molecule has 4 rings (SSSR count). The van der Waals surface area contributed by atoms with E-state index in [1.165, 1.54) is 4.90 Å². The highest BCUT2D eigenvalue weighted by molar-refractivity contribution is 6.22. The van der Waals surface area contributed by atoms with Gasteiger partial charge in [0.05, 0.1) is 17.5 Å². The second kappa shape index (κ2) is 4.23. The summed E-state index contributed by atoms with van der Waals surface area (Å²) in [5.41, 5.74) is 0.596. The minimum absolute atomic E-state index is 0.0569. The lowest BCUT2D eigenvalue weighted by atomic mass is 9.81. The van der Waals surface area contributed by atoms with Gasteiger partial charge in [0.1, 0.15) is 0 Å². The van der Waals surface area contributed by atoms with E-state index in [1.54, 1.807) is 18.2 Å². The van der Waals surface area contributed by atoms with E-state index in [0.717, 1.165) is 25.7 Å². The van der Waals surface area contributed by atoms with Crippen LogP contribution < -0.4 is 14.4 Å². The van der Waals surface area contributed by atoms with E-state index in [4.69, 9.17) is 9.47 Å². The number of hydrogen-bond donors (Lipinski definition) is 0. The zero-order chi connectivity index (χ0) is 13.7. The smallest absolute Gasteiger partial charge is 0.237 e. The van der Waals surface area contributed by atoms with Crippen molar-refractivity contribution in [2.45, 2.75) is 25.7 Å². The molecule has 2 aliphatic heterocycles. The number of benzene rings is 1. The van der Waals surface area contributed by atoms with Gasteiger partial charge in [0.15, 0.2) is 11.5 Å². The van der Waals surface area contributed by atoms with Crippen LogP contribution in [0.2, 0.25) is 0 Å². The van der Waals surface area contributed by atoms with Gasteiger partial charge in [-0.25, -0.2) is 4.90 Å². The number of nitrogens with zero attached hydrogens (tertiary/aromatic N) is 1. The molecular formula is C15H15NO4. The summed E-state index contributed by atoms with van der Waals surface area (Å²) in [5, 5.41) is 0. The predicted molar refractivity (Wildman–Crippen MR) is 70.5 cm³/mol. The summed E-state index contributed by atoms with van der Waals surface area (Å²) in [7, 11) is 0. The van der Waals surface area contributed by atoms with Crippen LogP contribution in [0.5, 0.6) is 11.5 Å². The maximum absolute atomic E-state index is 12.5. The lowest BCUT2D eigenvalue weighted by Gasteiger charge is -2.19. The number of hydrogen-bond acceptors (Lipinski definition) is 4. The van der Waals surface area contributed by atoms with Gasteiger partial charge in [0, 0.05) is 6.07 Å². The molecule has 5 heteroatoms. The monoisotopic (exact) mass is 273 g/mol. The summed E-state index contributed by atoms with van der Waals surface area (Å²) in [5.74, 6) is 0.892. The molecule has 1 aliphatic carbocycles. The summed E-state index contributed by atoms with van der Waals surface area (Å²) in [6.45, 7) is 0.186. The molecule has 0 N–H and O–H groups in total. The van der Waals surface area contributed by atoms with Crippen molar-refractivity contribution in [3.05, 3.63) is 18.2 Å². The molecule has 0 radical (unpaired) electrons. The normalized spacial score (nSPS) is 27.9. The molecular weight excluding hydrogens is 258 g/mol. The molecule has 0 bridgehead atoms. The number of anilines is 1. The maximum atomic E-state index is 12.5. The highest BCUT2D eigenvalue weighted by Gasteiger charge is 2.48. The number of amides is 2. The topological polar surface area (TPSA) is 55.8 Å². The van der Waals surface area contributed by atoms with Crippen LogP contribution in [0.4, 0.5) is 5.69 Å². The Morgan fingerprint density at radius 3 is 2.30 bits per heavy atom. The van der Waals surface area contributed by atoms with Crippen LogP contribution in [0, 0.1) is 11.8 Å². The quantitative estimate of drug-likeness (QED) is 0.735. The minimum atomic E-state index is -0.123. The van der Waals surface area contributed by atoms with Crippen molar-refractivity contribution in [1.29, 1.82) is 0 Å². The van der Waals surface area contributed by atoms with Crippen LogP contribution >= 0.6 is 0 Å². The Kier molecular flexibility index (Phi) is 2.49. The molecule has 2 heterocycles. The molecule has 1 saturated heterocycles. The fourth-order valence-corrected chi connectivity index (χ4v) is 3.44. The second-order valence-corrected chi connectivity index (χ2v) is 5.55. The van der Waals surface area contributed by atoms with Gasteiger partial charge in [0.2, 0.25) is 18.6 Å². The van der Waals surface area contributed by atoms with Gasteiger partial charge in [-0.3, -0.25) is 9.59 Å². The number of ether oxygens (including phenoxy) is 2. The zero-order valence-corrected chi connectivity index (χ0v) is 11.0. The number of carbonyl (C=O) groups excluding carboxylic acids is 2. The summed E-state index contributed by atoms with van der Waals surface area (Å²) in [6.07, 6.45) is 3.73. The van der Waals surface area contributed by atoms with Gasteiger partial charge in [0.25, 0.3) is 0 Å². The molecule has 2 atom stereocenters. The molecule has 1 aromatic carbocycles. The molecule has 2 fully saturated rings. The minimum Gasteiger partial charge on any atom is -0.454 e. The third-order valence-electron chi connectivity index (χ3n) is 4.46. The Hall–Kier alpha value is -2.04. The first kappa shape index (κ1) is 11.8. The van der Waals surface area contributed by atoms with Gasteiger partial charge < -0.3 is 9.47 Å². The SMILES string of the molecule is O=C1[C@H]2CCCC[C@H]2C(=O)N1c1ccc2c(c1)OCO2. The third kappa shape index (κ3) is 1.55.